The van der Waals surface area contributed by atoms with E-state index in [2.05, 4.69) is 0 Å². The normalized spacial score (nSPS) is 13.9. The maximum atomic E-state index is 12.2. The molecule has 5 heteroatoms. The van der Waals surface area contributed by atoms with Crippen molar-refractivity contribution in [2.24, 2.45) is 5.73 Å². The van der Waals surface area contributed by atoms with Gasteiger partial charge in [-0.3, -0.25) is 0 Å². The van der Waals surface area contributed by atoms with Gasteiger partial charge in [0.2, 0.25) is 0 Å². The quantitative estimate of drug-likeness (QED) is 0.775. The molecule has 0 aliphatic heterocycles. The molecule has 0 saturated carbocycles. The molecule has 0 bridgehead atoms. The predicted octanol–water partition coefficient (Wildman–Crippen LogP) is 1.38. The fourth-order valence-corrected chi connectivity index (χ4v) is 1.67. The molecule has 2 N–H and O–H groups in total. The Morgan fingerprint density at radius 1 is 1.29 bits per heavy atom. The summed E-state index contributed by atoms with van der Waals surface area (Å²) in [5.74, 6) is -0.525. The summed E-state index contributed by atoms with van der Waals surface area (Å²) in [7, 11) is -4.41. The van der Waals surface area contributed by atoms with Gasteiger partial charge in [-0.1, -0.05) is 30.3 Å². The first-order valence-electron chi connectivity index (χ1n) is 4.22. The van der Waals surface area contributed by atoms with Crippen molar-refractivity contribution < 1.29 is 12.3 Å². The molecule has 0 aromatic heterocycles. The highest BCUT2D eigenvalue weighted by atomic mass is 32.3. The second-order valence-corrected chi connectivity index (χ2v) is 4.53. The van der Waals surface area contributed by atoms with Crippen molar-refractivity contribution in [3.63, 3.8) is 0 Å². The first-order valence-corrected chi connectivity index (χ1v) is 5.77. The molecule has 0 amide bonds. The minimum Gasteiger partial charge on any atom is -0.324 e. The Morgan fingerprint density at radius 2 is 1.86 bits per heavy atom. The Hall–Kier alpha value is -0.940. The highest BCUT2D eigenvalue weighted by molar-refractivity contribution is 7.86. The zero-order valence-corrected chi connectivity index (χ0v) is 8.37. The van der Waals surface area contributed by atoms with E-state index in [-0.39, 0.29) is 6.42 Å². The average Bonchev–Trinajstić information content (AvgIpc) is 2.14. The molecule has 0 fully saturated rings. The largest absolute Gasteiger partial charge is 0.324 e. The summed E-state index contributed by atoms with van der Waals surface area (Å²) in [6, 6.07) is 8.59. The molecule has 0 saturated heterocycles. The monoisotopic (exact) mass is 217 g/mol. The van der Waals surface area contributed by atoms with E-state index in [1.165, 1.54) is 0 Å². The van der Waals surface area contributed by atoms with Gasteiger partial charge in [-0.2, -0.15) is 8.42 Å². The van der Waals surface area contributed by atoms with Crippen LogP contribution in [0.4, 0.5) is 3.89 Å². The minimum absolute atomic E-state index is 0.100. The van der Waals surface area contributed by atoms with E-state index in [4.69, 9.17) is 5.73 Å². The van der Waals surface area contributed by atoms with Gasteiger partial charge >= 0.3 is 10.2 Å². The number of halogens is 1. The minimum atomic E-state index is -4.41. The molecule has 0 heterocycles. The molecule has 0 aliphatic carbocycles. The molecule has 1 atom stereocenters. The van der Waals surface area contributed by atoms with E-state index >= 15 is 0 Å². The summed E-state index contributed by atoms with van der Waals surface area (Å²) < 4.78 is 32.7. The third kappa shape index (κ3) is 3.85. The van der Waals surface area contributed by atoms with Crippen molar-refractivity contribution in [2.45, 2.75) is 12.5 Å². The summed E-state index contributed by atoms with van der Waals surface area (Å²) in [5, 5.41) is 0. The molecule has 0 aliphatic rings. The van der Waals surface area contributed by atoms with Crippen molar-refractivity contribution in [1.29, 1.82) is 0 Å². The highest BCUT2D eigenvalue weighted by Crippen LogP contribution is 2.14. The van der Waals surface area contributed by atoms with E-state index in [9.17, 15) is 12.3 Å². The lowest BCUT2D eigenvalue weighted by atomic mass is 10.1. The first kappa shape index (κ1) is 11.1. The molecule has 3 nitrogen and oxygen atoms in total. The lowest BCUT2D eigenvalue weighted by molar-refractivity contribution is 0.543. The molecule has 1 aromatic rings. The van der Waals surface area contributed by atoms with E-state index in [0.717, 1.165) is 5.56 Å². The van der Waals surface area contributed by atoms with E-state index in [1.54, 1.807) is 24.3 Å². The predicted molar refractivity (Wildman–Crippen MR) is 52.9 cm³/mol. The molecular weight excluding hydrogens is 205 g/mol. The molecular formula is C9H12FNO2S. The number of hydrogen-bond acceptors (Lipinski definition) is 3. The number of rotatable bonds is 4. The Kier molecular flexibility index (Phi) is 3.60. The van der Waals surface area contributed by atoms with Crippen LogP contribution in [0.15, 0.2) is 30.3 Å². The summed E-state index contributed by atoms with van der Waals surface area (Å²) in [6.45, 7) is 0. The summed E-state index contributed by atoms with van der Waals surface area (Å²) >= 11 is 0. The first-order chi connectivity index (χ1) is 6.49. The zero-order valence-electron chi connectivity index (χ0n) is 7.56. The SMILES string of the molecule is NC(CCS(=O)(=O)F)c1ccccc1. The summed E-state index contributed by atoms with van der Waals surface area (Å²) in [6.07, 6.45) is 0.100. The molecule has 1 rings (SSSR count). The average molecular weight is 217 g/mol. The lowest BCUT2D eigenvalue weighted by Crippen LogP contribution is -2.14. The van der Waals surface area contributed by atoms with E-state index in [1.807, 2.05) is 6.07 Å². The molecule has 0 spiro atoms. The molecule has 1 aromatic carbocycles. The fourth-order valence-electron chi connectivity index (χ4n) is 1.13. The van der Waals surface area contributed by atoms with Gasteiger partial charge in [0.15, 0.2) is 0 Å². The van der Waals surface area contributed by atoms with Gasteiger partial charge in [0.25, 0.3) is 0 Å². The molecule has 0 radical (unpaired) electrons. The Bertz CT molecular complexity index is 377. The second-order valence-electron chi connectivity index (χ2n) is 3.05. The van der Waals surface area contributed by atoms with E-state index < -0.39 is 22.0 Å². The van der Waals surface area contributed by atoms with Gasteiger partial charge in [-0.05, 0) is 12.0 Å². The molecule has 1 unspecified atom stereocenters. The van der Waals surface area contributed by atoms with Crippen LogP contribution >= 0.6 is 0 Å². The van der Waals surface area contributed by atoms with Gasteiger partial charge in [0.05, 0.1) is 5.75 Å². The summed E-state index contributed by atoms with van der Waals surface area (Å²) in [4.78, 5) is 0. The standard InChI is InChI=1S/C9H12FNO2S/c10-14(12,13)7-6-9(11)8-4-2-1-3-5-8/h1-5,9H,6-7,11H2. The fraction of sp³-hybridized carbons (Fsp3) is 0.333. The maximum absolute atomic E-state index is 12.2. The van der Waals surface area contributed by atoms with Gasteiger partial charge in [-0.15, -0.1) is 3.89 Å². The summed E-state index contributed by atoms with van der Waals surface area (Å²) in [5.41, 5.74) is 6.49. The van der Waals surface area contributed by atoms with Crippen molar-refractivity contribution in [3.8, 4) is 0 Å². The topological polar surface area (TPSA) is 60.2 Å². The zero-order chi connectivity index (χ0) is 10.6. The van der Waals surface area contributed by atoms with Crippen LogP contribution in [0.25, 0.3) is 0 Å². The van der Waals surface area contributed by atoms with Crippen molar-refractivity contribution >= 4 is 10.2 Å². The van der Waals surface area contributed by atoms with Gasteiger partial charge in [0.1, 0.15) is 0 Å². The van der Waals surface area contributed by atoms with Crippen LogP contribution in [-0.2, 0) is 10.2 Å². The smallest absolute Gasteiger partial charge is 0.302 e. The third-order valence-electron chi connectivity index (χ3n) is 1.90. The van der Waals surface area contributed by atoms with Gasteiger partial charge in [-0.25, -0.2) is 0 Å². The van der Waals surface area contributed by atoms with Gasteiger partial charge in [0, 0.05) is 6.04 Å². The van der Waals surface area contributed by atoms with Crippen LogP contribution in [0.2, 0.25) is 0 Å². The van der Waals surface area contributed by atoms with Crippen LogP contribution in [0.1, 0.15) is 18.0 Å². The number of benzene rings is 1. The van der Waals surface area contributed by atoms with Crippen LogP contribution in [0.3, 0.4) is 0 Å². The van der Waals surface area contributed by atoms with Gasteiger partial charge < -0.3 is 5.73 Å². The van der Waals surface area contributed by atoms with Crippen LogP contribution in [0, 0.1) is 0 Å². The maximum Gasteiger partial charge on any atom is 0.302 e. The molecule has 14 heavy (non-hydrogen) atoms. The van der Waals surface area contributed by atoms with Crippen molar-refractivity contribution in [3.05, 3.63) is 35.9 Å². The van der Waals surface area contributed by atoms with Crippen LogP contribution < -0.4 is 5.73 Å². The second kappa shape index (κ2) is 4.52. The third-order valence-corrected chi connectivity index (χ3v) is 2.62. The molecule has 78 valence electrons. The lowest BCUT2D eigenvalue weighted by Gasteiger charge is -2.09. The Labute approximate surface area is 83.0 Å². The van der Waals surface area contributed by atoms with E-state index in [0.29, 0.717) is 0 Å². The van der Waals surface area contributed by atoms with Crippen LogP contribution in [-0.4, -0.2) is 14.2 Å². The Morgan fingerprint density at radius 3 is 2.36 bits per heavy atom. The van der Waals surface area contributed by atoms with Crippen LogP contribution in [0.5, 0.6) is 0 Å². The number of hydrogen-bond donors (Lipinski definition) is 1. The highest BCUT2D eigenvalue weighted by Gasteiger charge is 2.12. The number of nitrogens with two attached hydrogens (primary N) is 1. The Balaban J connectivity index is 2.56. The van der Waals surface area contributed by atoms with Crippen molar-refractivity contribution in [2.75, 3.05) is 5.75 Å². The van der Waals surface area contributed by atoms with Crippen molar-refractivity contribution in [1.82, 2.24) is 0 Å².